The van der Waals surface area contributed by atoms with E-state index in [9.17, 15) is 18.0 Å². The summed E-state index contributed by atoms with van der Waals surface area (Å²) in [7, 11) is -3.82. The summed E-state index contributed by atoms with van der Waals surface area (Å²) in [6.45, 7) is 4.57. The van der Waals surface area contributed by atoms with Crippen molar-refractivity contribution in [3.8, 4) is 0 Å². The molecule has 8 heteroatoms. The number of carbonyl (C=O) groups excluding carboxylic acids is 2. The van der Waals surface area contributed by atoms with E-state index in [1.54, 1.807) is 18.2 Å². The number of esters is 1. The Hall–Kier alpha value is -2.71. The highest BCUT2D eigenvalue weighted by Crippen LogP contribution is 2.15. The molecule has 0 spiro atoms. The predicted molar refractivity (Wildman–Crippen MR) is 102 cm³/mol. The van der Waals surface area contributed by atoms with Crippen LogP contribution >= 0.6 is 0 Å². The highest BCUT2D eigenvalue weighted by atomic mass is 32.2. The maximum absolute atomic E-state index is 12.1. The molecule has 0 aliphatic carbocycles. The number of hydrogen-bond acceptors (Lipinski definition) is 5. The first-order chi connectivity index (χ1) is 12.7. The van der Waals surface area contributed by atoms with Crippen LogP contribution in [0.4, 0.5) is 5.69 Å². The number of hydrogen-bond donors (Lipinski definition) is 2. The smallest absolute Gasteiger partial charge is 0.321 e. The molecule has 27 heavy (non-hydrogen) atoms. The van der Waals surface area contributed by atoms with Crippen molar-refractivity contribution in [3.05, 3.63) is 59.2 Å². The molecule has 1 amide bonds. The van der Waals surface area contributed by atoms with Crippen LogP contribution in [0, 0.1) is 20.8 Å². The summed E-state index contributed by atoms with van der Waals surface area (Å²) in [5.74, 6) is -1.35. The van der Waals surface area contributed by atoms with Crippen LogP contribution in [0.5, 0.6) is 0 Å². The minimum Gasteiger partial charge on any atom is -0.455 e. The number of sulfonamides is 1. The van der Waals surface area contributed by atoms with E-state index in [1.807, 2.05) is 32.9 Å². The number of nitrogens with one attached hydrogen (secondary N) is 2. The number of amides is 1. The Morgan fingerprint density at radius 1 is 0.963 bits per heavy atom. The summed E-state index contributed by atoms with van der Waals surface area (Å²) in [4.78, 5) is 23.6. The van der Waals surface area contributed by atoms with Gasteiger partial charge in [-0.25, -0.2) is 8.42 Å². The molecule has 0 aliphatic heterocycles. The highest BCUT2D eigenvalue weighted by molar-refractivity contribution is 7.89. The number of carbonyl (C=O) groups is 2. The Kier molecular flexibility index (Phi) is 6.70. The second-order valence-electron chi connectivity index (χ2n) is 6.16. The van der Waals surface area contributed by atoms with Crippen molar-refractivity contribution in [1.29, 1.82) is 0 Å². The van der Waals surface area contributed by atoms with Gasteiger partial charge in [-0.3, -0.25) is 9.59 Å². The predicted octanol–water partition coefficient (Wildman–Crippen LogP) is 2.07. The standard InChI is InChI=1S/C19H22N2O5S/c1-13-4-7-16(8-5-13)27(24,25)20-11-19(23)26-12-18(22)21-17-9-6-14(2)10-15(17)3/h4-10,20H,11-12H2,1-3H3,(H,21,22). The normalized spacial score (nSPS) is 11.1. The Balaban J connectivity index is 1.81. The molecule has 0 fully saturated rings. The molecule has 2 N–H and O–H groups in total. The lowest BCUT2D eigenvalue weighted by Crippen LogP contribution is -2.32. The molecule has 0 heterocycles. The number of ether oxygens (including phenoxy) is 1. The summed E-state index contributed by atoms with van der Waals surface area (Å²) in [6, 6.07) is 11.7. The van der Waals surface area contributed by atoms with E-state index in [4.69, 9.17) is 4.74 Å². The molecule has 0 aliphatic rings. The van der Waals surface area contributed by atoms with Gasteiger partial charge in [-0.05, 0) is 44.5 Å². The third-order valence-corrected chi connectivity index (χ3v) is 5.18. The van der Waals surface area contributed by atoms with Gasteiger partial charge in [-0.1, -0.05) is 35.4 Å². The first kappa shape index (κ1) is 20.6. The van der Waals surface area contributed by atoms with Crippen molar-refractivity contribution in [1.82, 2.24) is 4.72 Å². The lowest BCUT2D eigenvalue weighted by Gasteiger charge is -2.10. The highest BCUT2D eigenvalue weighted by Gasteiger charge is 2.16. The maximum Gasteiger partial charge on any atom is 0.321 e. The third kappa shape index (κ3) is 6.19. The Morgan fingerprint density at radius 2 is 1.59 bits per heavy atom. The van der Waals surface area contributed by atoms with Gasteiger partial charge in [-0.2, -0.15) is 4.72 Å². The van der Waals surface area contributed by atoms with E-state index < -0.39 is 35.1 Å². The van der Waals surface area contributed by atoms with E-state index in [2.05, 4.69) is 10.0 Å². The van der Waals surface area contributed by atoms with Gasteiger partial charge in [0.2, 0.25) is 10.0 Å². The summed E-state index contributed by atoms with van der Waals surface area (Å²) >= 11 is 0. The molecule has 0 aromatic heterocycles. The van der Waals surface area contributed by atoms with Crippen LogP contribution < -0.4 is 10.0 Å². The van der Waals surface area contributed by atoms with Gasteiger partial charge in [0.05, 0.1) is 4.90 Å². The van der Waals surface area contributed by atoms with Gasteiger partial charge in [-0.15, -0.1) is 0 Å². The molecule has 0 unspecified atom stereocenters. The van der Waals surface area contributed by atoms with Gasteiger partial charge < -0.3 is 10.1 Å². The van der Waals surface area contributed by atoms with E-state index in [0.29, 0.717) is 5.69 Å². The van der Waals surface area contributed by atoms with E-state index in [0.717, 1.165) is 16.7 Å². The van der Waals surface area contributed by atoms with Crippen molar-refractivity contribution in [2.75, 3.05) is 18.5 Å². The number of rotatable bonds is 7. The zero-order valence-electron chi connectivity index (χ0n) is 15.4. The molecule has 0 saturated carbocycles. The van der Waals surface area contributed by atoms with Crippen molar-refractivity contribution < 1.29 is 22.7 Å². The largest absolute Gasteiger partial charge is 0.455 e. The van der Waals surface area contributed by atoms with E-state index in [-0.39, 0.29) is 4.90 Å². The third-order valence-electron chi connectivity index (χ3n) is 3.76. The van der Waals surface area contributed by atoms with Crippen LogP contribution in [-0.4, -0.2) is 33.4 Å². The number of aryl methyl sites for hydroxylation is 3. The first-order valence-corrected chi connectivity index (χ1v) is 9.75. The van der Waals surface area contributed by atoms with Gasteiger partial charge in [0.15, 0.2) is 6.61 Å². The first-order valence-electron chi connectivity index (χ1n) is 8.26. The van der Waals surface area contributed by atoms with Crippen LogP contribution in [0.3, 0.4) is 0 Å². The zero-order valence-corrected chi connectivity index (χ0v) is 16.2. The van der Waals surface area contributed by atoms with Crippen molar-refractivity contribution in [3.63, 3.8) is 0 Å². The molecular formula is C19H22N2O5S. The van der Waals surface area contributed by atoms with Crippen LogP contribution in [-0.2, 0) is 24.3 Å². The van der Waals surface area contributed by atoms with Gasteiger partial charge in [0.1, 0.15) is 6.54 Å². The topological polar surface area (TPSA) is 102 Å². The maximum atomic E-state index is 12.1. The molecule has 0 bridgehead atoms. The van der Waals surface area contributed by atoms with Crippen LogP contribution in [0.1, 0.15) is 16.7 Å². The van der Waals surface area contributed by atoms with Crippen LogP contribution in [0.25, 0.3) is 0 Å². The average Bonchev–Trinajstić information content (AvgIpc) is 2.61. The number of benzene rings is 2. The quantitative estimate of drug-likeness (QED) is 0.705. The fourth-order valence-corrected chi connectivity index (χ4v) is 3.26. The summed E-state index contributed by atoms with van der Waals surface area (Å²) < 4.78 is 31.1. The minimum atomic E-state index is -3.82. The molecule has 2 rings (SSSR count). The fourth-order valence-electron chi connectivity index (χ4n) is 2.29. The molecule has 2 aromatic rings. The van der Waals surface area contributed by atoms with Crippen molar-refractivity contribution in [2.45, 2.75) is 25.7 Å². The monoisotopic (exact) mass is 390 g/mol. The zero-order chi connectivity index (χ0) is 20.0. The second kappa shape index (κ2) is 8.79. The number of anilines is 1. The molecule has 7 nitrogen and oxygen atoms in total. The van der Waals surface area contributed by atoms with Crippen molar-refractivity contribution in [2.24, 2.45) is 0 Å². The van der Waals surface area contributed by atoms with E-state index in [1.165, 1.54) is 12.1 Å². The molecular weight excluding hydrogens is 368 g/mol. The molecule has 0 saturated heterocycles. The van der Waals surface area contributed by atoms with Gasteiger partial charge >= 0.3 is 5.97 Å². The fraction of sp³-hybridized carbons (Fsp3) is 0.263. The Labute approximate surface area is 158 Å². The molecule has 2 aromatic carbocycles. The summed E-state index contributed by atoms with van der Waals surface area (Å²) in [5.41, 5.74) is 3.50. The lowest BCUT2D eigenvalue weighted by molar-refractivity contribution is -0.146. The van der Waals surface area contributed by atoms with Gasteiger partial charge in [0.25, 0.3) is 5.91 Å². The van der Waals surface area contributed by atoms with Crippen LogP contribution in [0.2, 0.25) is 0 Å². The average molecular weight is 390 g/mol. The Bertz CT molecular complexity index is 937. The van der Waals surface area contributed by atoms with Crippen LogP contribution in [0.15, 0.2) is 47.4 Å². The van der Waals surface area contributed by atoms with E-state index >= 15 is 0 Å². The summed E-state index contributed by atoms with van der Waals surface area (Å²) in [5, 5.41) is 2.64. The second-order valence-corrected chi connectivity index (χ2v) is 7.93. The molecule has 0 atom stereocenters. The molecule has 144 valence electrons. The minimum absolute atomic E-state index is 0.0495. The molecule has 0 radical (unpaired) electrons. The Morgan fingerprint density at radius 3 is 2.22 bits per heavy atom. The van der Waals surface area contributed by atoms with Gasteiger partial charge in [0, 0.05) is 5.69 Å². The van der Waals surface area contributed by atoms with Crippen molar-refractivity contribution >= 4 is 27.6 Å². The summed E-state index contributed by atoms with van der Waals surface area (Å²) in [6.07, 6.45) is 0. The lowest BCUT2D eigenvalue weighted by atomic mass is 10.1. The SMILES string of the molecule is Cc1ccc(S(=O)(=O)NCC(=O)OCC(=O)Nc2ccc(C)cc2C)cc1.